The van der Waals surface area contributed by atoms with Crippen LogP contribution in [-0.4, -0.2) is 34.9 Å². The molecule has 0 aromatic heterocycles. The maximum Gasteiger partial charge on any atom is 0.100 e. The van der Waals surface area contributed by atoms with E-state index in [0.29, 0.717) is 0 Å². The summed E-state index contributed by atoms with van der Waals surface area (Å²) in [6.45, 7) is 0.808. The van der Waals surface area contributed by atoms with Crippen LogP contribution in [0.4, 0.5) is 34.1 Å². The molecule has 0 atom stereocenters. The van der Waals surface area contributed by atoms with Crippen LogP contribution in [0.1, 0.15) is 0 Å². The van der Waals surface area contributed by atoms with Gasteiger partial charge in [-0.1, -0.05) is 12.1 Å². The minimum absolute atomic E-state index is 0.808. The summed E-state index contributed by atoms with van der Waals surface area (Å²) in [4.78, 5) is 8.99. The van der Waals surface area contributed by atoms with Crippen LogP contribution in [0.25, 0.3) is 0 Å². The monoisotopic (exact) mass is 358 g/mol. The highest BCUT2D eigenvalue weighted by atomic mass is 15.4. The molecule has 0 aliphatic carbocycles. The molecule has 0 unspecified atom stereocenters. The van der Waals surface area contributed by atoms with Gasteiger partial charge in [-0.2, -0.15) is 0 Å². The molecule has 0 fully saturated rings. The Balaban J connectivity index is 1.68. The molecule has 1 aliphatic rings. The van der Waals surface area contributed by atoms with E-state index in [1.807, 2.05) is 0 Å². The molecule has 3 aromatic rings. The molecule has 4 heteroatoms. The van der Waals surface area contributed by atoms with E-state index in [0.717, 1.165) is 6.67 Å². The van der Waals surface area contributed by atoms with Gasteiger partial charge in [0.2, 0.25) is 0 Å². The number of para-hydroxylation sites is 2. The first-order valence-electron chi connectivity index (χ1n) is 9.23. The maximum absolute atomic E-state index is 2.37. The molecule has 1 heterocycles. The zero-order valence-corrected chi connectivity index (χ0v) is 16.4. The van der Waals surface area contributed by atoms with Gasteiger partial charge < -0.3 is 19.6 Å². The van der Waals surface area contributed by atoms with Gasteiger partial charge in [0.15, 0.2) is 0 Å². The molecule has 4 rings (SSSR count). The van der Waals surface area contributed by atoms with Gasteiger partial charge in [0.1, 0.15) is 6.67 Å². The van der Waals surface area contributed by atoms with Gasteiger partial charge >= 0.3 is 0 Å². The summed E-state index contributed by atoms with van der Waals surface area (Å²) >= 11 is 0. The summed E-state index contributed by atoms with van der Waals surface area (Å²) in [5, 5.41) is 0. The second-order valence-corrected chi connectivity index (χ2v) is 7.31. The van der Waals surface area contributed by atoms with E-state index in [2.05, 4.69) is 121 Å². The lowest BCUT2D eigenvalue weighted by Crippen LogP contribution is -2.24. The molecule has 1 aliphatic heterocycles. The summed E-state index contributed by atoms with van der Waals surface area (Å²) in [6, 6.07) is 26.1. The molecule has 0 spiro atoms. The SMILES string of the molecule is CN(C)c1ccc(N2CN(c3ccc(N(C)C)cc3)c3ccccc32)cc1. The lowest BCUT2D eigenvalue weighted by Gasteiger charge is -2.23. The van der Waals surface area contributed by atoms with E-state index < -0.39 is 0 Å². The lowest BCUT2D eigenvalue weighted by molar-refractivity contribution is 0.989. The maximum atomic E-state index is 2.37. The molecule has 0 bridgehead atoms. The molecule has 3 aromatic carbocycles. The van der Waals surface area contributed by atoms with Crippen molar-refractivity contribution in [2.24, 2.45) is 0 Å². The molecule has 0 amide bonds. The van der Waals surface area contributed by atoms with E-state index in [9.17, 15) is 0 Å². The van der Waals surface area contributed by atoms with Gasteiger partial charge in [-0.25, -0.2) is 0 Å². The van der Waals surface area contributed by atoms with Crippen LogP contribution in [0, 0.1) is 0 Å². The summed E-state index contributed by atoms with van der Waals surface area (Å²) in [6.07, 6.45) is 0. The Kier molecular flexibility index (Phi) is 4.40. The molecule has 138 valence electrons. The predicted molar refractivity (Wildman–Crippen MR) is 117 cm³/mol. The van der Waals surface area contributed by atoms with Crippen molar-refractivity contribution in [3.63, 3.8) is 0 Å². The zero-order chi connectivity index (χ0) is 19.0. The second kappa shape index (κ2) is 6.88. The summed E-state index contributed by atoms with van der Waals surface area (Å²) in [5.74, 6) is 0. The summed E-state index contributed by atoms with van der Waals surface area (Å²) in [7, 11) is 8.27. The van der Waals surface area contributed by atoms with Crippen molar-refractivity contribution in [1.82, 2.24) is 0 Å². The van der Waals surface area contributed by atoms with Crippen molar-refractivity contribution in [1.29, 1.82) is 0 Å². The fourth-order valence-corrected chi connectivity index (χ4v) is 3.52. The Labute approximate surface area is 161 Å². The Morgan fingerprint density at radius 2 is 0.926 bits per heavy atom. The first-order chi connectivity index (χ1) is 13.0. The van der Waals surface area contributed by atoms with Crippen molar-refractivity contribution < 1.29 is 0 Å². The van der Waals surface area contributed by atoms with Crippen molar-refractivity contribution in [3.8, 4) is 0 Å². The molecule has 0 radical (unpaired) electrons. The fraction of sp³-hybridized carbons (Fsp3) is 0.217. The standard InChI is InChI=1S/C23H26N4/c1-24(2)18-9-13-20(14-10-18)26-17-27(23-8-6-5-7-22(23)26)21-15-11-19(12-16-21)25(3)4/h5-16H,17H2,1-4H3. The Bertz CT molecular complexity index is 837. The first kappa shape index (κ1) is 17.3. The average Bonchev–Trinajstić information content (AvgIpc) is 3.08. The van der Waals surface area contributed by atoms with Crippen molar-refractivity contribution in [2.75, 3.05) is 54.5 Å². The third-order valence-electron chi connectivity index (χ3n) is 5.10. The number of rotatable bonds is 4. The van der Waals surface area contributed by atoms with E-state index in [1.165, 1.54) is 34.1 Å². The van der Waals surface area contributed by atoms with Crippen molar-refractivity contribution in [3.05, 3.63) is 72.8 Å². The largest absolute Gasteiger partial charge is 0.378 e. The summed E-state index contributed by atoms with van der Waals surface area (Å²) in [5.41, 5.74) is 7.32. The topological polar surface area (TPSA) is 13.0 Å². The molecule has 0 N–H and O–H groups in total. The van der Waals surface area contributed by atoms with Crippen LogP contribution in [0.5, 0.6) is 0 Å². The average molecular weight is 358 g/mol. The third-order valence-corrected chi connectivity index (χ3v) is 5.10. The van der Waals surface area contributed by atoms with E-state index >= 15 is 0 Å². The van der Waals surface area contributed by atoms with Crippen LogP contribution >= 0.6 is 0 Å². The highest BCUT2D eigenvalue weighted by Gasteiger charge is 2.27. The Morgan fingerprint density at radius 1 is 0.556 bits per heavy atom. The normalized spacial score (nSPS) is 12.9. The van der Waals surface area contributed by atoms with Crippen LogP contribution in [0.2, 0.25) is 0 Å². The predicted octanol–water partition coefficient (Wildman–Crippen LogP) is 5.07. The third kappa shape index (κ3) is 3.19. The van der Waals surface area contributed by atoms with Crippen LogP contribution < -0.4 is 19.6 Å². The minimum Gasteiger partial charge on any atom is -0.378 e. The Morgan fingerprint density at radius 3 is 1.26 bits per heavy atom. The fourth-order valence-electron chi connectivity index (χ4n) is 3.52. The van der Waals surface area contributed by atoms with Crippen LogP contribution in [0.15, 0.2) is 72.8 Å². The molecule has 27 heavy (non-hydrogen) atoms. The highest BCUT2D eigenvalue weighted by molar-refractivity contribution is 5.87. The van der Waals surface area contributed by atoms with Crippen molar-refractivity contribution in [2.45, 2.75) is 0 Å². The lowest BCUT2D eigenvalue weighted by atomic mass is 10.2. The number of hydrogen-bond acceptors (Lipinski definition) is 4. The zero-order valence-electron chi connectivity index (χ0n) is 16.4. The quantitative estimate of drug-likeness (QED) is 0.646. The number of anilines is 6. The van der Waals surface area contributed by atoms with E-state index in [4.69, 9.17) is 0 Å². The van der Waals surface area contributed by atoms with E-state index in [1.54, 1.807) is 0 Å². The van der Waals surface area contributed by atoms with Gasteiger partial charge in [0.25, 0.3) is 0 Å². The highest BCUT2D eigenvalue weighted by Crippen LogP contribution is 2.44. The molecule has 0 saturated heterocycles. The number of hydrogen-bond donors (Lipinski definition) is 0. The van der Waals surface area contributed by atoms with Gasteiger partial charge in [-0.3, -0.25) is 0 Å². The van der Waals surface area contributed by atoms with Crippen LogP contribution in [-0.2, 0) is 0 Å². The second-order valence-electron chi connectivity index (χ2n) is 7.31. The van der Waals surface area contributed by atoms with Gasteiger partial charge in [0, 0.05) is 50.9 Å². The van der Waals surface area contributed by atoms with Gasteiger partial charge in [0.05, 0.1) is 11.4 Å². The smallest absolute Gasteiger partial charge is 0.100 e. The Hall–Kier alpha value is -3.14. The summed E-state index contributed by atoms with van der Waals surface area (Å²) < 4.78 is 0. The number of fused-ring (bicyclic) bond motifs is 1. The van der Waals surface area contributed by atoms with E-state index in [-0.39, 0.29) is 0 Å². The van der Waals surface area contributed by atoms with Crippen LogP contribution in [0.3, 0.4) is 0 Å². The molecular formula is C23H26N4. The molecular weight excluding hydrogens is 332 g/mol. The van der Waals surface area contributed by atoms with Gasteiger partial charge in [-0.15, -0.1) is 0 Å². The first-order valence-corrected chi connectivity index (χ1v) is 9.23. The molecule has 4 nitrogen and oxygen atoms in total. The number of nitrogens with zero attached hydrogens (tertiary/aromatic N) is 4. The van der Waals surface area contributed by atoms with Gasteiger partial charge in [-0.05, 0) is 60.7 Å². The molecule has 0 saturated carbocycles. The van der Waals surface area contributed by atoms with Crippen molar-refractivity contribution >= 4 is 34.1 Å². The number of benzene rings is 3. The minimum atomic E-state index is 0.808.